The van der Waals surface area contributed by atoms with Gasteiger partial charge in [-0.1, -0.05) is 36.7 Å². The number of hydrogen-bond acceptors (Lipinski definition) is 1. The number of aryl methyl sites for hydroxylation is 2. The van der Waals surface area contributed by atoms with E-state index < -0.39 is 0 Å². The molecule has 0 aliphatic heterocycles. The van der Waals surface area contributed by atoms with E-state index in [2.05, 4.69) is 57.7 Å². The smallest absolute Gasteiger partial charge is 0.0766 e. The minimum Gasteiger partial charge on any atom is -0.271 e. The van der Waals surface area contributed by atoms with Crippen LogP contribution in [0.2, 0.25) is 0 Å². The van der Waals surface area contributed by atoms with Crippen LogP contribution in [0.15, 0.2) is 4.47 Å². The van der Waals surface area contributed by atoms with Crippen LogP contribution in [0.5, 0.6) is 0 Å². The van der Waals surface area contributed by atoms with Crippen molar-refractivity contribution in [2.24, 2.45) is 12.5 Å². The predicted molar refractivity (Wildman–Crippen MR) is 71.6 cm³/mol. The molecular weight excluding hydrogens is 320 g/mol. The normalized spacial score (nSPS) is 12.1. The van der Waals surface area contributed by atoms with Gasteiger partial charge in [0.1, 0.15) is 0 Å². The van der Waals surface area contributed by atoms with Crippen molar-refractivity contribution in [2.45, 2.75) is 33.6 Å². The lowest BCUT2D eigenvalue weighted by Crippen LogP contribution is -2.18. The molecule has 1 heterocycles. The van der Waals surface area contributed by atoms with Gasteiger partial charge >= 0.3 is 0 Å². The number of alkyl halides is 1. The van der Waals surface area contributed by atoms with Gasteiger partial charge < -0.3 is 0 Å². The summed E-state index contributed by atoms with van der Waals surface area (Å²) in [6, 6.07) is 0. The van der Waals surface area contributed by atoms with E-state index in [1.807, 2.05) is 11.7 Å². The fourth-order valence-corrected chi connectivity index (χ4v) is 2.47. The van der Waals surface area contributed by atoms with Crippen LogP contribution >= 0.6 is 31.9 Å². The van der Waals surface area contributed by atoms with Crippen molar-refractivity contribution in [3.8, 4) is 0 Å². The fourth-order valence-electron chi connectivity index (χ4n) is 1.51. The number of aromatic nitrogens is 2. The standard InChI is InChI=1S/C11H18Br2N2/c1-5-8-10(13)9(15(4)14-8)6-11(2,3)7-12/h5-7H2,1-4H3. The van der Waals surface area contributed by atoms with E-state index in [4.69, 9.17) is 0 Å². The fraction of sp³-hybridized carbons (Fsp3) is 0.727. The zero-order valence-electron chi connectivity index (χ0n) is 9.77. The zero-order valence-corrected chi connectivity index (χ0v) is 12.9. The Morgan fingerprint density at radius 3 is 2.40 bits per heavy atom. The third kappa shape index (κ3) is 3.06. The maximum atomic E-state index is 4.50. The number of halogens is 2. The lowest BCUT2D eigenvalue weighted by atomic mass is 9.90. The van der Waals surface area contributed by atoms with Crippen molar-refractivity contribution in [3.63, 3.8) is 0 Å². The first-order chi connectivity index (χ1) is 6.91. The third-order valence-electron chi connectivity index (χ3n) is 2.51. The molecular formula is C11H18Br2N2. The Labute approximate surface area is 109 Å². The summed E-state index contributed by atoms with van der Waals surface area (Å²) in [5.74, 6) is 0. The van der Waals surface area contributed by atoms with Gasteiger partial charge in [0.2, 0.25) is 0 Å². The van der Waals surface area contributed by atoms with Gasteiger partial charge in [0.25, 0.3) is 0 Å². The molecule has 0 bridgehead atoms. The average Bonchev–Trinajstić information content (AvgIpc) is 2.45. The molecule has 0 aromatic carbocycles. The van der Waals surface area contributed by atoms with Gasteiger partial charge in [-0.05, 0) is 34.2 Å². The van der Waals surface area contributed by atoms with Gasteiger partial charge in [-0.3, -0.25) is 4.68 Å². The van der Waals surface area contributed by atoms with Crippen molar-refractivity contribution in [2.75, 3.05) is 5.33 Å². The molecule has 1 aromatic heterocycles. The summed E-state index contributed by atoms with van der Waals surface area (Å²) in [6.07, 6.45) is 2.01. The maximum Gasteiger partial charge on any atom is 0.0766 e. The highest BCUT2D eigenvalue weighted by atomic mass is 79.9. The molecule has 0 aliphatic carbocycles. The second kappa shape index (κ2) is 5.00. The van der Waals surface area contributed by atoms with Gasteiger partial charge in [-0.15, -0.1) is 0 Å². The third-order valence-corrected chi connectivity index (χ3v) is 4.94. The summed E-state index contributed by atoms with van der Waals surface area (Å²) >= 11 is 7.20. The molecule has 0 amide bonds. The quantitative estimate of drug-likeness (QED) is 0.766. The summed E-state index contributed by atoms with van der Waals surface area (Å²) in [7, 11) is 2.02. The minimum absolute atomic E-state index is 0.265. The minimum atomic E-state index is 0.265. The van der Waals surface area contributed by atoms with Gasteiger partial charge in [0, 0.05) is 12.4 Å². The van der Waals surface area contributed by atoms with E-state index in [0.717, 1.165) is 23.9 Å². The molecule has 2 nitrogen and oxygen atoms in total. The maximum absolute atomic E-state index is 4.50. The molecule has 1 rings (SSSR count). The molecule has 0 aliphatic rings. The van der Waals surface area contributed by atoms with Gasteiger partial charge in [-0.2, -0.15) is 5.10 Å². The Morgan fingerprint density at radius 1 is 1.40 bits per heavy atom. The second-order valence-electron chi connectivity index (χ2n) is 4.66. The van der Waals surface area contributed by atoms with E-state index in [1.165, 1.54) is 10.2 Å². The lowest BCUT2D eigenvalue weighted by Gasteiger charge is -2.21. The van der Waals surface area contributed by atoms with Crippen LogP contribution in [0.3, 0.4) is 0 Å². The highest BCUT2D eigenvalue weighted by Crippen LogP contribution is 2.30. The molecule has 0 saturated carbocycles. The van der Waals surface area contributed by atoms with Crippen LogP contribution in [-0.4, -0.2) is 15.1 Å². The SMILES string of the molecule is CCc1nn(C)c(CC(C)(C)CBr)c1Br. The lowest BCUT2D eigenvalue weighted by molar-refractivity contribution is 0.409. The van der Waals surface area contributed by atoms with E-state index in [-0.39, 0.29) is 5.41 Å². The van der Waals surface area contributed by atoms with Crippen molar-refractivity contribution < 1.29 is 0 Å². The molecule has 0 saturated heterocycles. The zero-order chi connectivity index (χ0) is 11.6. The number of hydrogen-bond donors (Lipinski definition) is 0. The number of nitrogens with zero attached hydrogens (tertiary/aromatic N) is 2. The molecule has 0 unspecified atom stereocenters. The van der Waals surface area contributed by atoms with Crippen LogP contribution in [0, 0.1) is 5.41 Å². The first-order valence-electron chi connectivity index (χ1n) is 5.17. The summed E-state index contributed by atoms with van der Waals surface area (Å²) in [6.45, 7) is 6.64. The Hall–Kier alpha value is 0.170. The molecule has 86 valence electrons. The molecule has 0 radical (unpaired) electrons. The Balaban J connectivity index is 2.99. The molecule has 15 heavy (non-hydrogen) atoms. The van der Waals surface area contributed by atoms with E-state index in [1.54, 1.807) is 0 Å². The molecule has 4 heteroatoms. The topological polar surface area (TPSA) is 17.8 Å². The van der Waals surface area contributed by atoms with Crippen molar-refractivity contribution in [1.82, 2.24) is 9.78 Å². The van der Waals surface area contributed by atoms with E-state index >= 15 is 0 Å². The highest BCUT2D eigenvalue weighted by Gasteiger charge is 2.22. The van der Waals surface area contributed by atoms with Crippen LogP contribution in [0.1, 0.15) is 32.2 Å². The Kier molecular flexibility index (Phi) is 4.41. The monoisotopic (exact) mass is 336 g/mol. The van der Waals surface area contributed by atoms with Gasteiger partial charge in [0.05, 0.1) is 15.9 Å². The molecule has 0 atom stereocenters. The Morgan fingerprint density at radius 2 is 2.00 bits per heavy atom. The largest absolute Gasteiger partial charge is 0.271 e. The molecule has 0 spiro atoms. The second-order valence-corrected chi connectivity index (χ2v) is 6.01. The van der Waals surface area contributed by atoms with Gasteiger partial charge in [0.15, 0.2) is 0 Å². The number of rotatable bonds is 4. The summed E-state index contributed by atoms with van der Waals surface area (Å²) in [5, 5.41) is 5.50. The first-order valence-corrected chi connectivity index (χ1v) is 7.09. The van der Waals surface area contributed by atoms with Crippen LogP contribution in [0.25, 0.3) is 0 Å². The summed E-state index contributed by atoms with van der Waals surface area (Å²) < 4.78 is 3.18. The van der Waals surface area contributed by atoms with Crippen LogP contribution < -0.4 is 0 Å². The molecule has 0 fully saturated rings. The average molecular weight is 338 g/mol. The van der Waals surface area contributed by atoms with Crippen LogP contribution in [0.4, 0.5) is 0 Å². The van der Waals surface area contributed by atoms with Gasteiger partial charge in [-0.25, -0.2) is 0 Å². The predicted octanol–water partition coefficient (Wildman–Crippen LogP) is 3.71. The van der Waals surface area contributed by atoms with E-state index in [0.29, 0.717) is 0 Å². The van der Waals surface area contributed by atoms with E-state index in [9.17, 15) is 0 Å². The first kappa shape index (κ1) is 13.2. The molecule has 0 N–H and O–H groups in total. The van der Waals surface area contributed by atoms with Crippen LogP contribution in [-0.2, 0) is 19.9 Å². The Bertz CT molecular complexity index is 343. The van der Waals surface area contributed by atoms with Crippen molar-refractivity contribution in [3.05, 3.63) is 15.9 Å². The van der Waals surface area contributed by atoms with Crippen molar-refractivity contribution >= 4 is 31.9 Å². The summed E-state index contributed by atoms with van der Waals surface area (Å²) in [5.41, 5.74) is 2.70. The highest BCUT2D eigenvalue weighted by molar-refractivity contribution is 9.10. The van der Waals surface area contributed by atoms with Crippen molar-refractivity contribution in [1.29, 1.82) is 0 Å². The summed E-state index contributed by atoms with van der Waals surface area (Å²) in [4.78, 5) is 0. The molecule has 1 aromatic rings.